The minimum Gasteiger partial charge on any atom is 0 e. The van der Waals surface area contributed by atoms with Gasteiger partial charge >= 0.3 is 28.0 Å². The maximum atomic E-state index is 8.74. The predicted octanol–water partition coefficient (Wildman–Crippen LogP) is -3.45. The van der Waals surface area contributed by atoms with E-state index in [0.29, 0.717) is 0 Å². The maximum absolute atomic E-state index is 8.74. The van der Waals surface area contributed by atoms with Crippen LogP contribution < -0.4 is 0 Å². The van der Waals surface area contributed by atoms with Crippen LogP contribution in [0.25, 0.3) is 0 Å². The van der Waals surface area contributed by atoms with Crippen LogP contribution in [-0.4, -0.2) is 55.0 Å². The van der Waals surface area contributed by atoms with E-state index in [1.54, 1.807) is 0 Å². The van der Waals surface area contributed by atoms with Gasteiger partial charge in [-0.15, -0.1) is 0 Å². The van der Waals surface area contributed by atoms with Crippen molar-refractivity contribution in [1.82, 2.24) is 0 Å². The van der Waals surface area contributed by atoms with Crippen molar-refractivity contribution in [2.24, 2.45) is 0 Å². The standard InChI is InChI=1S/Al.Li.H2O3Si.Zn.4H/c;;1-4(2)3;;;;;/h;;1-2H;;;;;. The van der Waals surface area contributed by atoms with Crippen LogP contribution in [0.15, 0.2) is 0 Å². The molecule has 2 N–H and O–H groups in total. The van der Waals surface area contributed by atoms with E-state index >= 15 is 0 Å². The largest absolute Gasteiger partial charge is 0 e. The van der Waals surface area contributed by atoms with Crippen molar-refractivity contribution < 1.29 is 33.5 Å². The maximum Gasteiger partial charge on any atom is 0 e. The van der Waals surface area contributed by atoms with Crippen LogP contribution in [0.4, 0.5) is 0 Å². The first-order valence-electron chi connectivity index (χ1n) is 0.651. The van der Waals surface area contributed by atoms with Crippen molar-refractivity contribution in [2.75, 3.05) is 0 Å². The van der Waals surface area contributed by atoms with Gasteiger partial charge in [0.15, 0.2) is 17.4 Å². The van der Waals surface area contributed by atoms with Gasteiger partial charge in [0.1, 0.15) is 0 Å². The van der Waals surface area contributed by atoms with E-state index in [9.17, 15) is 0 Å². The van der Waals surface area contributed by atoms with Crippen molar-refractivity contribution >= 4 is 45.4 Å². The minimum atomic E-state index is -3.13. The van der Waals surface area contributed by atoms with E-state index in [4.69, 9.17) is 14.1 Å². The normalized spacial score (nSPS) is 3.43. The molecule has 34 valence electrons. The Kier molecular flexibility index (Phi) is 53.3. The summed E-state index contributed by atoms with van der Waals surface area (Å²) in [5.41, 5.74) is 0. The molecule has 0 unspecified atom stereocenters. The first-order valence-corrected chi connectivity index (χ1v) is 1.95. The van der Waals surface area contributed by atoms with Crippen LogP contribution in [0.5, 0.6) is 0 Å². The zero-order valence-electron chi connectivity index (χ0n) is 2.51. The Morgan fingerprint density at radius 3 is 1.29 bits per heavy atom. The molecule has 0 aromatic carbocycles. The molecule has 3 nitrogen and oxygen atoms in total. The van der Waals surface area contributed by atoms with Gasteiger partial charge in [0, 0.05) is 19.5 Å². The molecule has 0 aromatic heterocycles. The average Bonchev–Trinajstić information content (AvgIpc) is 0.811. The van der Waals surface area contributed by atoms with Crippen molar-refractivity contribution in [3.05, 3.63) is 0 Å². The van der Waals surface area contributed by atoms with Crippen molar-refractivity contribution in [3.8, 4) is 0 Å². The quantitative estimate of drug-likeness (QED) is 0.382. The molecule has 0 saturated heterocycles. The Hall–Kier alpha value is 1.37. The zero-order chi connectivity index (χ0) is 3.58. The fourth-order valence-corrected chi connectivity index (χ4v) is 0. The molecule has 0 spiro atoms. The van der Waals surface area contributed by atoms with E-state index < -0.39 is 9.17 Å². The topological polar surface area (TPSA) is 57.5 Å². The van der Waals surface area contributed by atoms with Gasteiger partial charge in [0.2, 0.25) is 0 Å². The van der Waals surface area contributed by atoms with E-state index in [1.165, 1.54) is 0 Å². The SMILES string of the molecule is O=[Si](O)O.[AlH3].[LiH].[Zn]. The third-order valence-corrected chi connectivity index (χ3v) is 0. The first-order chi connectivity index (χ1) is 1.73. The molecule has 0 aromatic rings. The number of hydrogen-bond donors (Lipinski definition) is 2. The molecule has 0 fully saturated rings. The summed E-state index contributed by atoms with van der Waals surface area (Å²) in [7, 11) is -3.13. The molecular formula is H6AlLiO3SiZn. The monoisotopic (exact) mass is 180 g/mol. The van der Waals surface area contributed by atoms with Gasteiger partial charge in [0.05, 0.1) is 0 Å². The van der Waals surface area contributed by atoms with Gasteiger partial charge in [-0.1, -0.05) is 0 Å². The Balaban J connectivity index is -0.0000000150. The van der Waals surface area contributed by atoms with Gasteiger partial charge in [0.25, 0.3) is 0 Å². The van der Waals surface area contributed by atoms with Gasteiger partial charge in [-0.05, 0) is 0 Å². The molecule has 0 saturated carbocycles. The molecule has 0 amide bonds. The van der Waals surface area contributed by atoms with Crippen molar-refractivity contribution in [1.29, 1.82) is 0 Å². The van der Waals surface area contributed by atoms with Crippen LogP contribution >= 0.6 is 0 Å². The van der Waals surface area contributed by atoms with Crippen LogP contribution in [0.2, 0.25) is 0 Å². The van der Waals surface area contributed by atoms with Crippen LogP contribution in [0, 0.1) is 0 Å². The third kappa shape index (κ3) is 113. The molecule has 0 bridgehead atoms. The summed E-state index contributed by atoms with van der Waals surface area (Å²) < 4.78 is 8.74. The van der Waals surface area contributed by atoms with Crippen molar-refractivity contribution in [3.63, 3.8) is 0 Å². The molecule has 0 rings (SSSR count). The second kappa shape index (κ2) is 15.7. The van der Waals surface area contributed by atoms with E-state index in [2.05, 4.69) is 0 Å². The first kappa shape index (κ1) is 23.8. The summed E-state index contributed by atoms with van der Waals surface area (Å²) in [6, 6.07) is 0. The molecule has 0 atom stereocenters. The fourth-order valence-electron chi connectivity index (χ4n) is 0. The Labute approximate surface area is 78.5 Å². The third-order valence-electron chi connectivity index (χ3n) is 0. The van der Waals surface area contributed by atoms with Crippen molar-refractivity contribution in [2.45, 2.75) is 0 Å². The predicted molar refractivity (Wildman–Crippen MR) is 28.0 cm³/mol. The van der Waals surface area contributed by atoms with Gasteiger partial charge < -0.3 is 9.59 Å². The van der Waals surface area contributed by atoms with Gasteiger partial charge in [-0.2, -0.15) is 0 Å². The second-order valence-corrected chi connectivity index (χ2v) is 0.848. The van der Waals surface area contributed by atoms with Gasteiger partial charge in [-0.3, -0.25) is 4.46 Å². The smallest absolute Gasteiger partial charge is 0 e. The zero-order valence-corrected chi connectivity index (χ0v) is 6.48. The molecule has 0 aliphatic rings. The summed E-state index contributed by atoms with van der Waals surface area (Å²) in [4.78, 5) is 14.3. The van der Waals surface area contributed by atoms with Crippen LogP contribution in [0.3, 0.4) is 0 Å². The molecule has 7 heteroatoms. The Morgan fingerprint density at radius 1 is 1.29 bits per heavy atom. The number of rotatable bonds is 0. The minimum absolute atomic E-state index is 0. The summed E-state index contributed by atoms with van der Waals surface area (Å²) in [5, 5.41) is 0. The average molecular weight is 181 g/mol. The second-order valence-electron chi connectivity index (χ2n) is 0.283. The summed E-state index contributed by atoms with van der Waals surface area (Å²) in [5.74, 6) is 0. The van der Waals surface area contributed by atoms with Gasteiger partial charge in [-0.25, -0.2) is 0 Å². The van der Waals surface area contributed by atoms with Crippen LogP contribution in [0.1, 0.15) is 0 Å². The molecule has 0 heterocycles. The van der Waals surface area contributed by atoms with E-state index in [1.807, 2.05) is 0 Å². The summed E-state index contributed by atoms with van der Waals surface area (Å²) >= 11 is 0. The Morgan fingerprint density at radius 2 is 1.29 bits per heavy atom. The Bertz CT molecular complexity index is 37.9. The van der Waals surface area contributed by atoms with E-state index in [-0.39, 0.29) is 55.7 Å². The molecule has 0 radical (unpaired) electrons. The molecular weight excluding hydrogens is 175 g/mol. The summed E-state index contributed by atoms with van der Waals surface area (Å²) in [6.07, 6.45) is 0. The number of hydrogen-bond acceptors (Lipinski definition) is 1. The fraction of sp³-hybridized carbons (Fsp3) is 0. The van der Waals surface area contributed by atoms with Crippen LogP contribution in [-0.2, 0) is 23.9 Å². The molecule has 0 aliphatic carbocycles. The van der Waals surface area contributed by atoms with E-state index in [0.717, 1.165) is 0 Å². The molecule has 7 heavy (non-hydrogen) atoms. The summed E-state index contributed by atoms with van der Waals surface area (Å²) in [6.45, 7) is 0. The molecule has 0 aliphatic heterocycles.